The van der Waals surface area contributed by atoms with E-state index >= 15 is 0 Å². The molecular weight excluding hydrogens is 268 g/mol. The second-order valence-corrected chi connectivity index (χ2v) is 4.30. The third-order valence-corrected chi connectivity index (χ3v) is 2.71. The van der Waals surface area contributed by atoms with Crippen molar-refractivity contribution in [2.24, 2.45) is 0 Å². The summed E-state index contributed by atoms with van der Waals surface area (Å²) in [6.45, 7) is 0. The second-order valence-electron chi connectivity index (χ2n) is 4.30. The van der Waals surface area contributed by atoms with Gasteiger partial charge in [0.15, 0.2) is 5.43 Å². The molecule has 0 N–H and O–H groups in total. The Labute approximate surface area is 120 Å². The fourth-order valence-corrected chi connectivity index (χ4v) is 1.78. The quantitative estimate of drug-likeness (QED) is 0.719. The Balaban J connectivity index is 1.84. The van der Waals surface area contributed by atoms with Gasteiger partial charge in [-0.25, -0.2) is 0 Å². The number of hydrogen-bond acceptors (Lipinski definition) is 4. The van der Waals surface area contributed by atoms with Gasteiger partial charge in [0.1, 0.15) is 23.0 Å². The lowest BCUT2D eigenvalue weighted by Gasteiger charge is -1.96. The first kappa shape index (κ1) is 13.0. The molecule has 0 spiro atoms. The molecule has 3 rings (SSSR count). The molecule has 3 aromatic heterocycles. The molecule has 3 heterocycles. The summed E-state index contributed by atoms with van der Waals surface area (Å²) in [6, 6.07) is 10.1. The first-order valence-electron chi connectivity index (χ1n) is 6.38. The topological polar surface area (TPSA) is 56.5 Å². The summed E-state index contributed by atoms with van der Waals surface area (Å²) < 4.78 is 16.0. The van der Waals surface area contributed by atoms with Gasteiger partial charge < -0.3 is 13.3 Å². The molecule has 0 aliphatic carbocycles. The van der Waals surface area contributed by atoms with Gasteiger partial charge in [0.25, 0.3) is 0 Å². The van der Waals surface area contributed by atoms with Gasteiger partial charge in [-0.05, 0) is 48.6 Å². The average molecular weight is 280 g/mol. The molecule has 0 saturated heterocycles. The van der Waals surface area contributed by atoms with Crippen molar-refractivity contribution in [3.8, 4) is 0 Å². The normalized spacial score (nSPS) is 11.6. The molecule has 4 heteroatoms. The van der Waals surface area contributed by atoms with E-state index in [1.165, 1.54) is 12.1 Å². The van der Waals surface area contributed by atoms with Crippen LogP contribution in [0.5, 0.6) is 0 Å². The van der Waals surface area contributed by atoms with Crippen LogP contribution >= 0.6 is 0 Å². The lowest BCUT2D eigenvalue weighted by atomic mass is 10.3. The Hall–Kier alpha value is -3.01. The molecule has 0 fully saturated rings. The Bertz CT molecular complexity index is 737. The Morgan fingerprint density at radius 1 is 0.714 bits per heavy atom. The van der Waals surface area contributed by atoms with Crippen molar-refractivity contribution in [1.82, 2.24) is 0 Å². The predicted octanol–water partition coefficient (Wildman–Crippen LogP) is 4.17. The fourth-order valence-electron chi connectivity index (χ4n) is 1.78. The minimum Gasteiger partial charge on any atom is -0.465 e. The van der Waals surface area contributed by atoms with Crippen LogP contribution in [0.15, 0.2) is 67.0 Å². The summed E-state index contributed by atoms with van der Waals surface area (Å²) >= 11 is 0. The van der Waals surface area contributed by atoms with E-state index in [4.69, 9.17) is 13.3 Å². The highest BCUT2D eigenvalue weighted by molar-refractivity contribution is 5.67. The molecule has 0 aliphatic heterocycles. The van der Waals surface area contributed by atoms with E-state index in [0.717, 1.165) is 0 Å². The Kier molecular flexibility index (Phi) is 3.69. The third-order valence-electron chi connectivity index (χ3n) is 2.71. The molecule has 3 aromatic rings. The number of furan rings is 2. The van der Waals surface area contributed by atoms with Crippen LogP contribution in [0, 0.1) is 0 Å². The van der Waals surface area contributed by atoms with Crippen molar-refractivity contribution in [1.29, 1.82) is 0 Å². The maximum absolute atomic E-state index is 11.7. The smallest absolute Gasteiger partial charge is 0.186 e. The monoisotopic (exact) mass is 280 g/mol. The van der Waals surface area contributed by atoms with Crippen molar-refractivity contribution in [2.45, 2.75) is 0 Å². The summed E-state index contributed by atoms with van der Waals surface area (Å²) in [5, 5.41) is 0. The van der Waals surface area contributed by atoms with Gasteiger partial charge in [-0.3, -0.25) is 4.79 Å². The van der Waals surface area contributed by atoms with Crippen LogP contribution in [0.1, 0.15) is 23.0 Å². The SMILES string of the molecule is O=c1cc(/C=C/c2ccco2)oc(/C=C/c2ccco2)c1. The van der Waals surface area contributed by atoms with Crippen LogP contribution in [0.3, 0.4) is 0 Å². The van der Waals surface area contributed by atoms with E-state index in [1.807, 2.05) is 12.1 Å². The van der Waals surface area contributed by atoms with Gasteiger partial charge in [0, 0.05) is 12.1 Å². The molecule has 0 bridgehead atoms. The maximum Gasteiger partial charge on any atom is 0.186 e. The van der Waals surface area contributed by atoms with Crippen molar-refractivity contribution in [3.05, 3.63) is 82.2 Å². The van der Waals surface area contributed by atoms with E-state index in [9.17, 15) is 4.79 Å². The minimum atomic E-state index is -0.126. The molecule has 0 amide bonds. The molecule has 0 aliphatic rings. The van der Waals surface area contributed by atoms with E-state index in [2.05, 4.69) is 0 Å². The highest BCUT2D eigenvalue weighted by Crippen LogP contribution is 2.12. The molecule has 0 radical (unpaired) electrons. The summed E-state index contributed by atoms with van der Waals surface area (Å²) in [7, 11) is 0. The lowest BCUT2D eigenvalue weighted by Crippen LogP contribution is -1.97. The van der Waals surface area contributed by atoms with Gasteiger partial charge in [0.05, 0.1) is 12.5 Å². The van der Waals surface area contributed by atoms with Gasteiger partial charge in [-0.2, -0.15) is 0 Å². The zero-order valence-electron chi connectivity index (χ0n) is 11.1. The van der Waals surface area contributed by atoms with Gasteiger partial charge >= 0.3 is 0 Å². The Morgan fingerprint density at radius 2 is 1.19 bits per heavy atom. The van der Waals surface area contributed by atoms with E-state index < -0.39 is 0 Å². The minimum absolute atomic E-state index is 0.126. The number of hydrogen-bond donors (Lipinski definition) is 0. The summed E-state index contributed by atoms with van der Waals surface area (Å²) in [4.78, 5) is 11.7. The van der Waals surface area contributed by atoms with Crippen LogP contribution in [0.4, 0.5) is 0 Å². The molecular formula is C17H12O4. The lowest BCUT2D eigenvalue weighted by molar-refractivity contribution is 0.527. The highest BCUT2D eigenvalue weighted by Gasteiger charge is 1.98. The fraction of sp³-hybridized carbons (Fsp3) is 0. The van der Waals surface area contributed by atoms with Crippen molar-refractivity contribution >= 4 is 24.3 Å². The first-order valence-corrected chi connectivity index (χ1v) is 6.38. The van der Waals surface area contributed by atoms with Crippen molar-refractivity contribution < 1.29 is 13.3 Å². The average Bonchev–Trinajstić information content (AvgIpc) is 3.16. The van der Waals surface area contributed by atoms with Crippen molar-refractivity contribution in [3.63, 3.8) is 0 Å². The molecule has 0 unspecified atom stereocenters. The molecule has 21 heavy (non-hydrogen) atoms. The zero-order chi connectivity index (χ0) is 14.5. The highest BCUT2D eigenvalue weighted by atomic mass is 16.3. The Morgan fingerprint density at radius 3 is 1.62 bits per heavy atom. The van der Waals surface area contributed by atoms with Crippen LogP contribution in [0.25, 0.3) is 24.3 Å². The summed E-state index contributed by atoms with van der Waals surface area (Å²) in [5.74, 6) is 2.29. The zero-order valence-corrected chi connectivity index (χ0v) is 11.1. The van der Waals surface area contributed by atoms with Crippen LogP contribution in [-0.4, -0.2) is 0 Å². The van der Waals surface area contributed by atoms with Gasteiger partial charge in [-0.1, -0.05) is 0 Å². The first-order chi connectivity index (χ1) is 10.3. The van der Waals surface area contributed by atoms with Crippen molar-refractivity contribution in [2.75, 3.05) is 0 Å². The molecule has 0 atom stereocenters. The molecule has 0 aromatic carbocycles. The largest absolute Gasteiger partial charge is 0.465 e. The molecule has 0 saturated carbocycles. The van der Waals surface area contributed by atoms with Crippen LogP contribution in [-0.2, 0) is 0 Å². The molecule has 104 valence electrons. The van der Waals surface area contributed by atoms with E-state index in [-0.39, 0.29) is 5.43 Å². The number of rotatable bonds is 4. The third kappa shape index (κ3) is 3.51. The van der Waals surface area contributed by atoms with E-state index in [0.29, 0.717) is 23.0 Å². The van der Waals surface area contributed by atoms with Gasteiger partial charge in [0.2, 0.25) is 0 Å². The molecule has 4 nitrogen and oxygen atoms in total. The standard InChI is InChI=1S/C17H12O4/c18-13-11-16(7-5-14-3-1-9-19-14)21-17(12-13)8-6-15-4-2-10-20-15/h1-12H/b7-5+,8-6+. The second kappa shape index (κ2) is 5.96. The summed E-state index contributed by atoms with van der Waals surface area (Å²) in [6.07, 6.45) is 10.0. The maximum atomic E-state index is 11.7. The van der Waals surface area contributed by atoms with Crippen LogP contribution < -0.4 is 5.43 Å². The van der Waals surface area contributed by atoms with Crippen LogP contribution in [0.2, 0.25) is 0 Å². The summed E-state index contributed by atoms with van der Waals surface area (Å²) in [5.41, 5.74) is -0.126. The van der Waals surface area contributed by atoms with Gasteiger partial charge in [-0.15, -0.1) is 0 Å². The predicted molar refractivity (Wildman–Crippen MR) is 80.3 cm³/mol. The van der Waals surface area contributed by atoms with E-state index in [1.54, 1.807) is 49.0 Å².